The van der Waals surface area contributed by atoms with Crippen LogP contribution in [0, 0.1) is 12.7 Å². The van der Waals surface area contributed by atoms with Crippen molar-refractivity contribution in [2.75, 3.05) is 20.2 Å². The van der Waals surface area contributed by atoms with Crippen molar-refractivity contribution in [2.24, 2.45) is 7.05 Å². The van der Waals surface area contributed by atoms with E-state index in [2.05, 4.69) is 4.98 Å². The number of carbonyl (C=O) groups is 1. The molecule has 1 aliphatic rings. The third-order valence-corrected chi connectivity index (χ3v) is 4.50. The minimum absolute atomic E-state index is 0.193. The molecule has 2 heterocycles. The highest BCUT2D eigenvalue weighted by molar-refractivity contribution is 5.97. The molecule has 1 amide bonds. The maximum absolute atomic E-state index is 13.6. The van der Waals surface area contributed by atoms with E-state index in [4.69, 9.17) is 4.74 Å². The van der Waals surface area contributed by atoms with Crippen molar-refractivity contribution in [3.05, 3.63) is 47.3 Å². The number of methoxy groups -OCH3 is 1. The van der Waals surface area contributed by atoms with Gasteiger partial charge in [0.1, 0.15) is 17.4 Å². The van der Waals surface area contributed by atoms with Crippen molar-refractivity contribution in [2.45, 2.75) is 25.7 Å². The molecule has 0 unspecified atom stereocenters. The number of piperidine rings is 1. The number of benzene rings is 1. The summed E-state index contributed by atoms with van der Waals surface area (Å²) in [6.45, 7) is 3.22. The fourth-order valence-corrected chi connectivity index (χ4v) is 3.40. The van der Waals surface area contributed by atoms with Crippen LogP contribution in [0.15, 0.2) is 24.4 Å². The smallest absolute Gasteiger partial charge is 0.257 e. The van der Waals surface area contributed by atoms with Gasteiger partial charge in [0.15, 0.2) is 0 Å². The molecule has 2 aromatic rings. The lowest BCUT2D eigenvalue weighted by molar-refractivity contribution is 0.0699. The van der Waals surface area contributed by atoms with E-state index < -0.39 is 5.82 Å². The van der Waals surface area contributed by atoms with Crippen molar-refractivity contribution < 1.29 is 13.9 Å². The van der Waals surface area contributed by atoms with Gasteiger partial charge in [-0.1, -0.05) is 0 Å². The van der Waals surface area contributed by atoms with E-state index in [1.54, 1.807) is 4.90 Å². The molecule has 0 aliphatic carbocycles. The molecule has 6 heteroatoms. The summed E-state index contributed by atoms with van der Waals surface area (Å²) in [4.78, 5) is 19.2. The molecule has 128 valence electrons. The second-order valence-electron chi connectivity index (χ2n) is 6.29. The summed E-state index contributed by atoms with van der Waals surface area (Å²) >= 11 is 0. The predicted octanol–water partition coefficient (Wildman–Crippen LogP) is 2.90. The van der Waals surface area contributed by atoms with Crippen molar-refractivity contribution >= 4 is 5.91 Å². The van der Waals surface area contributed by atoms with E-state index in [1.165, 1.54) is 25.3 Å². The molecule has 0 saturated carbocycles. The van der Waals surface area contributed by atoms with E-state index >= 15 is 0 Å². The topological polar surface area (TPSA) is 47.4 Å². The number of ether oxygens (including phenoxy) is 1. The Morgan fingerprint density at radius 1 is 1.42 bits per heavy atom. The highest BCUT2D eigenvalue weighted by Gasteiger charge is 2.29. The molecule has 1 saturated heterocycles. The molecule has 3 rings (SSSR count). The average Bonchev–Trinajstić information content (AvgIpc) is 2.92. The van der Waals surface area contributed by atoms with Crippen molar-refractivity contribution in [3.63, 3.8) is 0 Å². The maximum Gasteiger partial charge on any atom is 0.257 e. The number of hydrogen-bond donors (Lipinski definition) is 0. The van der Waals surface area contributed by atoms with Gasteiger partial charge in [0.25, 0.3) is 5.91 Å². The van der Waals surface area contributed by atoms with Crippen LogP contribution in [0.4, 0.5) is 4.39 Å². The minimum Gasteiger partial charge on any atom is -0.496 e. The third-order valence-electron chi connectivity index (χ3n) is 4.50. The standard InChI is InChI=1S/C18H22FN3O2/c1-12-10-21(2)17(20-12)13-5-4-8-22(11-13)18(23)15-9-14(19)6-7-16(15)24-3/h6-7,9-10,13H,4-5,8,11H2,1-3H3/t13-/m0/s1. The lowest BCUT2D eigenvalue weighted by atomic mass is 9.96. The molecular formula is C18H22FN3O2. The third kappa shape index (κ3) is 3.13. The molecule has 0 bridgehead atoms. The van der Waals surface area contributed by atoms with Crippen LogP contribution >= 0.6 is 0 Å². The maximum atomic E-state index is 13.6. The molecule has 1 aliphatic heterocycles. The van der Waals surface area contributed by atoms with E-state index in [1.807, 2.05) is 24.7 Å². The van der Waals surface area contributed by atoms with E-state index in [0.29, 0.717) is 18.8 Å². The summed E-state index contributed by atoms with van der Waals surface area (Å²) in [5.74, 6) is 0.961. The normalized spacial score (nSPS) is 17.8. The zero-order chi connectivity index (χ0) is 17.3. The van der Waals surface area contributed by atoms with Crippen molar-refractivity contribution in [3.8, 4) is 5.75 Å². The Balaban J connectivity index is 1.83. The highest BCUT2D eigenvalue weighted by Crippen LogP contribution is 2.29. The van der Waals surface area contributed by atoms with Crippen LogP contribution in [0.5, 0.6) is 5.75 Å². The van der Waals surface area contributed by atoms with E-state index in [-0.39, 0.29) is 17.4 Å². The van der Waals surface area contributed by atoms with Crippen LogP contribution in [-0.4, -0.2) is 40.6 Å². The summed E-state index contributed by atoms with van der Waals surface area (Å²) < 4.78 is 20.8. The van der Waals surface area contributed by atoms with E-state index in [9.17, 15) is 9.18 Å². The molecule has 1 aromatic carbocycles. The summed E-state index contributed by atoms with van der Waals surface area (Å²) in [7, 11) is 3.46. The van der Waals surface area contributed by atoms with Crippen LogP contribution in [0.3, 0.4) is 0 Å². The average molecular weight is 331 g/mol. The first-order chi connectivity index (χ1) is 11.5. The number of imidazole rings is 1. The number of amides is 1. The fourth-order valence-electron chi connectivity index (χ4n) is 3.40. The zero-order valence-corrected chi connectivity index (χ0v) is 14.3. The van der Waals surface area contributed by atoms with Gasteiger partial charge in [0, 0.05) is 32.3 Å². The SMILES string of the molecule is COc1ccc(F)cc1C(=O)N1CCC[C@H](c2nc(C)cn2C)C1. The largest absolute Gasteiger partial charge is 0.496 e. The predicted molar refractivity (Wildman–Crippen MR) is 88.8 cm³/mol. The molecule has 1 aromatic heterocycles. The molecule has 1 fully saturated rings. The molecule has 0 radical (unpaired) electrons. The summed E-state index contributed by atoms with van der Waals surface area (Å²) in [5, 5.41) is 0. The van der Waals surface area contributed by atoms with Gasteiger partial charge in [-0.15, -0.1) is 0 Å². The summed E-state index contributed by atoms with van der Waals surface area (Å²) in [5.41, 5.74) is 1.25. The number of rotatable bonds is 3. The van der Waals surface area contributed by atoms with Crippen LogP contribution in [0.1, 0.15) is 40.6 Å². The number of aromatic nitrogens is 2. The Bertz CT molecular complexity index is 757. The Morgan fingerprint density at radius 2 is 2.21 bits per heavy atom. The first-order valence-corrected chi connectivity index (χ1v) is 8.12. The molecule has 0 spiro atoms. The lowest BCUT2D eigenvalue weighted by Gasteiger charge is -2.32. The van der Waals surface area contributed by atoms with Crippen LogP contribution < -0.4 is 4.74 Å². The fraction of sp³-hybridized carbons (Fsp3) is 0.444. The number of aryl methyl sites for hydroxylation is 2. The summed E-state index contributed by atoms with van der Waals surface area (Å²) in [6, 6.07) is 4.03. The highest BCUT2D eigenvalue weighted by atomic mass is 19.1. The van der Waals surface area contributed by atoms with Crippen LogP contribution in [0.25, 0.3) is 0 Å². The minimum atomic E-state index is -0.438. The van der Waals surface area contributed by atoms with Gasteiger partial charge in [-0.2, -0.15) is 0 Å². The monoisotopic (exact) mass is 331 g/mol. The number of carbonyl (C=O) groups excluding carboxylic acids is 1. The lowest BCUT2D eigenvalue weighted by Crippen LogP contribution is -2.39. The van der Waals surface area contributed by atoms with Crippen molar-refractivity contribution in [1.82, 2.24) is 14.5 Å². The second kappa shape index (κ2) is 6.63. The molecule has 0 N–H and O–H groups in total. The Kier molecular flexibility index (Phi) is 4.55. The Labute approximate surface area is 141 Å². The molecule has 1 atom stereocenters. The van der Waals surface area contributed by atoms with Crippen LogP contribution in [-0.2, 0) is 7.05 Å². The Morgan fingerprint density at radius 3 is 2.88 bits per heavy atom. The quantitative estimate of drug-likeness (QED) is 0.869. The van der Waals surface area contributed by atoms with Gasteiger partial charge >= 0.3 is 0 Å². The number of halogens is 1. The zero-order valence-electron chi connectivity index (χ0n) is 14.3. The number of hydrogen-bond acceptors (Lipinski definition) is 3. The van der Waals surface area contributed by atoms with E-state index in [0.717, 1.165) is 24.4 Å². The number of nitrogens with zero attached hydrogens (tertiary/aromatic N) is 3. The number of likely N-dealkylation sites (tertiary alicyclic amines) is 1. The Hall–Kier alpha value is -2.37. The van der Waals surface area contributed by atoms with Gasteiger partial charge in [-0.05, 0) is 38.0 Å². The van der Waals surface area contributed by atoms with Crippen LogP contribution in [0.2, 0.25) is 0 Å². The van der Waals surface area contributed by atoms with Gasteiger partial charge in [-0.25, -0.2) is 9.37 Å². The molecular weight excluding hydrogens is 309 g/mol. The van der Waals surface area contributed by atoms with Gasteiger partial charge in [-0.3, -0.25) is 4.79 Å². The molecule has 5 nitrogen and oxygen atoms in total. The van der Waals surface area contributed by atoms with Crippen molar-refractivity contribution in [1.29, 1.82) is 0 Å². The van der Waals surface area contributed by atoms with Gasteiger partial charge in [0.2, 0.25) is 0 Å². The van der Waals surface area contributed by atoms with Gasteiger partial charge < -0.3 is 14.2 Å². The molecule has 24 heavy (non-hydrogen) atoms. The summed E-state index contributed by atoms with van der Waals surface area (Å²) in [6.07, 6.45) is 3.89. The first-order valence-electron chi connectivity index (χ1n) is 8.12. The first kappa shape index (κ1) is 16.5. The van der Waals surface area contributed by atoms with Gasteiger partial charge in [0.05, 0.1) is 18.4 Å². The second-order valence-corrected chi connectivity index (χ2v) is 6.29.